The number of benzene rings is 1. The van der Waals surface area contributed by atoms with Crippen LogP contribution in [0.4, 0.5) is 0 Å². The standard InChI is InChI=1S/C9H11BrO3/c10-3-1-2-7-8(12)4-6(11)5-9(7)13/h4-5,11-13H,1-3H2. The number of phenolic OH excluding ortho intramolecular Hbond substituents is 3. The highest BCUT2D eigenvalue weighted by Crippen LogP contribution is 2.32. The van der Waals surface area contributed by atoms with Crippen LogP contribution in [0.2, 0.25) is 0 Å². The molecule has 0 fully saturated rings. The van der Waals surface area contributed by atoms with E-state index >= 15 is 0 Å². The average Bonchev–Trinajstić information content (AvgIpc) is 2.02. The summed E-state index contributed by atoms with van der Waals surface area (Å²) < 4.78 is 0. The smallest absolute Gasteiger partial charge is 0.126 e. The normalized spacial score (nSPS) is 10.2. The van der Waals surface area contributed by atoms with E-state index in [2.05, 4.69) is 15.9 Å². The number of alkyl halides is 1. The number of hydrogen-bond donors (Lipinski definition) is 3. The molecule has 1 aromatic carbocycles. The van der Waals surface area contributed by atoms with Gasteiger partial charge in [-0.15, -0.1) is 0 Å². The lowest BCUT2D eigenvalue weighted by Crippen LogP contribution is -1.88. The highest BCUT2D eigenvalue weighted by molar-refractivity contribution is 9.09. The van der Waals surface area contributed by atoms with Crippen molar-refractivity contribution < 1.29 is 15.3 Å². The monoisotopic (exact) mass is 246 g/mol. The van der Waals surface area contributed by atoms with Crippen LogP contribution in [0.25, 0.3) is 0 Å². The van der Waals surface area contributed by atoms with Crippen molar-refractivity contribution in [3.63, 3.8) is 0 Å². The van der Waals surface area contributed by atoms with Crippen molar-refractivity contribution in [1.82, 2.24) is 0 Å². The molecule has 0 heterocycles. The summed E-state index contributed by atoms with van der Waals surface area (Å²) in [5.41, 5.74) is 0.484. The molecular formula is C9H11BrO3. The first-order valence-electron chi connectivity index (χ1n) is 3.95. The van der Waals surface area contributed by atoms with Crippen molar-refractivity contribution in [1.29, 1.82) is 0 Å². The third-order valence-electron chi connectivity index (χ3n) is 1.75. The highest BCUT2D eigenvalue weighted by Gasteiger charge is 2.08. The number of phenols is 3. The fourth-order valence-electron chi connectivity index (χ4n) is 1.13. The van der Waals surface area contributed by atoms with Crippen LogP contribution in [0.1, 0.15) is 12.0 Å². The Bertz CT molecular complexity index is 276. The van der Waals surface area contributed by atoms with Gasteiger partial charge in [0.05, 0.1) is 0 Å². The van der Waals surface area contributed by atoms with Crippen molar-refractivity contribution in [3.8, 4) is 17.2 Å². The molecule has 0 aromatic heterocycles. The fourth-order valence-corrected chi connectivity index (χ4v) is 1.41. The molecule has 72 valence electrons. The number of aromatic hydroxyl groups is 3. The molecule has 0 amide bonds. The second-order valence-electron chi connectivity index (χ2n) is 2.76. The Kier molecular flexibility index (Phi) is 3.42. The SMILES string of the molecule is Oc1cc(O)c(CCCBr)c(O)c1. The van der Waals surface area contributed by atoms with Gasteiger partial charge in [0.1, 0.15) is 17.2 Å². The summed E-state index contributed by atoms with van der Waals surface area (Å²) in [6.07, 6.45) is 1.41. The highest BCUT2D eigenvalue weighted by atomic mass is 79.9. The van der Waals surface area contributed by atoms with Gasteiger partial charge in [0, 0.05) is 23.0 Å². The van der Waals surface area contributed by atoms with E-state index < -0.39 is 0 Å². The summed E-state index contributed by atoms with van der Waals surface area (Å²) in [5.74, 6) is -0.241. The van der Waals surface area contributed by atoms with Gasteiger partial charge in [-0.05, 0) is 12.8 Å². The Morgan fingerprint density at radius 2 is 1.62 bits per heavy atom. The topological polar surface area (TPSA) is 60.7 Å². The van der Waals surface area contributed by atoms with Gasteiger partial charge < -0.3 is 15.3 Å². The van der Waals surface area contributed by atoms with Crippen LogP contribution in [0.5, 0.6) is 17.2 Å². The molecule has 0 aliphatic carbocycles. The summed E-state index contributed by atoms with van der Waals surface area (Å²) in [6.45, 7) is 0. The molecule has 0 unspecified atom stereocenters. The van der Waals surface area contributed by atoms with Gasteiger partial charge in [0.15, 0.2) is 0 Å². The Hall–Kier alpha value is -0.900. The minimum absolute atomic E-state index is 0.0570. The largest absolute Gasteiger partial charge is 0.508 e. The molecule has 3 nitrogen and oxygen atoms in total. The molecule has 0 atom stereocenters. The number of halogens is 1. The molecule has 0 radical (unpaired) electrons. The second kappa shape index (κ2) is 4.37. The number of hydrogen-bond acceptors (Lipinski definition) is 3. The van der Waals surface area contributed by atoms with Crippen molar-refractivity contribution >= 4 is 15.9 Å². The molecule has 1 aromatic rings. The van der Waals surface area contributed by atoms with Crippen LogP contribution in [-0.4, -0.2) is 20.6 Å². The maximum absolute atomic E-state index is 9.36. The van der Waals surface area contributed by atoms with Crippen LogP contribution in [-0.2, 0) is 6.42 Å². The van der Waals surface area contributed by atoms with Crippen molar-refractivity contribution in [2.75, 3.05) is 5.33 Å². The summed E-state index contributed by atoms with van der Waals surface area (Å²) in [4.78, 5) is 0. The molecule has 0 spiro atoms. The molecular weight excluding hydrogens is 236 g/mol. The van der Waals surface area contributed by atoms with E-state index in [0.717, 1.165) is 11.8 Å². The van der Waals surface area contributed by atoms with Crippen molar-refractivity contribution in [2.45, 2.75) is 12.8 Å². The van der Waals surface area contributed by atoms with Crippen LogP contribution in [0.15, 0.2) is 12.1 Å². The van der Waals surface area contributed by atoms with Crippen LogP contribution >= 0.6 is 15.9 Å². The van der Waals surface area contributed by atoms with E-state index in [1.807, 2.05) is 0 Å². The zero-order chi connectivity index (χ0) is 9.84. The zero-order valence-electron chi connectivity index (χ0n) is 7.00. The fraction of sp³-hybridized carbons (Fsp3) is 0.333. The molecule has 3 N–H and O–H groups in total. The van der Waals surface area contributed by atoms with Crippen molar-refractivity contribution in [2.24, 2.45) is 0 Å². The third-order valence-corrected chi connectivity index (χ3v) is 2.31. The maximum atomic E-state index is 9.36. The van der Waals surface area contributed by atoms with E-state index in [9.17, 15) is 10.2 Å². The van der Waals surface area contributed by atoms with Gasteiger partial charge in [-0.2, -0.15) is 0 Å². The van der Waals surface area contributed by atoms with E-state index in [0.29, 0.717) is 12.0 Å². The quantitative estimate of drug-likeness (QED) is 0.717. The van der Waals surface area contributed by atoms with E-state index in [1.54, 1.807) is 0 Å². The Labute approximate surface area is 84.8 Å². The summed E-state index contributed by atoms with van der Waals surface area (Å²) in [7, 11) is 0. The first-order valence-corrected chi connectivity index (χ1v) is 5.07. The lowest BCUT2D eigenvalue weighted by molar-refractivity contribution is 0.418. The minimum Gasteiger partial charge on any atom is -0.508 e. The second-order valence-corrected chi connectivity index (χ2v) is 3.55. The Morgan fingerprint density at radius 1 is 1.08 bits per heavy atom. The number of rotatable bonds is 3. The summed E-state index contributed by atoms with van der Waals surface area (Å²) in [6, 6.07) is 2.45. The first kappa shape index (κ1) is 10.2. The molecule has 0 bridgehead atoms. The molecule has 1 rings (SSSR count). The molecule has 4 heteroatoms. The van der Waals surface area contributed by atoms with Crippen LogP contribution in [0, 0.1) is 0 Å². The van der Waals surface area contributed by atoms with Gasteiger partial charge in [-0.3, -0.25) is 0 Å². The lowest BCUT2D eigenvalue weighted by Gasteiger charge is -2.06. The van der Waals surface area contributed by atoms with Crippen LogP contribution < -0.4 is 0 Å². The van der Waals surface area contributed by atoms with Gasteiger partial charge in [-0.25, -0.2) is 0 Å². The Morgan fingerprint density at radius 3 is 2.08 bits per heavy atom. The van der Waals surface area contributed by atoms with Gasteiger partial charge in [0.2, 0.25) is 0 Å². The summed E-state index contributed by atoms with van der Waals surface area (Å²) in [5, 5.41) is 28.6. The molecule has 0 saturated carbocycles. The molecule has 13 heavy (non-hydrogen) atoms. The first-order chi connectivity index (χ1) is 6.15. The van der Waals surface area contributed by atoms with E-state index in [4.69, 9.17) is 5.11 Å². The predicted octanol–water partition coefficient (Wildman–Crippen LogP) is 2.13. The lowest BCUT2D eigenvalue weighted by atomic mass is 10.1. The van der Waals surface area contributed by atoms with Gasteiger partial charge in [0.25, 0.3) is 0 Å². The minimum atomic E-state index is -0.127. The predicted molar refractivity (Wildman–Crippen MR) is 53.6 cm³/mol. The average molecular weight is 247 g/mol. The Balaban J connectivity index is 2.92. The summed E-state index contributed by atoms with van der Waals surface area (Å²) >= 11 is 3.26. The molecule has 0 aliphatic rings. The van der Waals surface area contributed by atoms with Crippen molar-refractivity contribution in [3.05, 3.63) is 17.7 Å². The third kappa shape index (κ3) is 2.52. The van der Waals surface area contributed by atoms with Crippen LogP contribution in [0.3, 0.4) is 0 Å². The van der Waals surface area contributed by atoms with E-state index in [-0.39, 0.29) is 17.2 Å². The van der Waals surface area contributed by atoms with Gasteiger partial charge in [-0.1, -0.05) is 15.9 Å². The maximum Gasteiger partial charge on any atom is 0.126 e. The van der Waals surface area contributed by atoms with E-state index in [1.165, 1.54) is 12.1 Å². The molecule has 0 saturated heterocycles. The molecule has 0 aliphatic heterocycles. The zero-order valence-corrected chi connectivity index (χ0v) is 8.58. The van der Waals surface area contributed by atoms with Gasteiger partial charge >= 0.3 is 0 Å².